The number of imidazole rings is 1. The number of aliphatic hydroxyl groups excluding tert-OH is 2. The highest BCUT2D eigenvalue weighted by Crippen LogP contribution is 2.68. The number of aliphatic hydroxyl groups is 2. The molecule has 0 spiro atoms. The lowest BCUT2D eigenvalue weighted by molar-refractivity contribution is -0.386. The highest BCUT2D eigenvalue weighted by Gasteiger charge is 2.47. The van der Waals surface area contributed by atoms with E-state index in [2.05, 4.69) is 32.6 Å². The van der Waals surface area contributed by atoms with Crippen LogP contribution in [0.3, 0.4) is 0 Å². The quantitative estimate of drug-likeness (QED) is 0.0775. The number of nitrogen functional groups attached to an aromatic ring is 1. The lowest BCUT2D eigenvalue weighted by Crippen LogP contribution is -2.33. The molecule has 8 N–H and O–H groups in total. The highest BCUT2D eigenvalue weighted by atomic mass is 31.3. The number of aromatic amines is 1. The van der Waals surface area contributed by atoms with Crippen LogP contribution in [-0.2, 0) is 36.1 Å². The first-order chi connectivity index (χ1) is 19.9. The average molecular weight is 672 g/mol. The summed E-state index contributed by atoms with van der Waals surface area (Å²) in [4.78, 5) is 61.9. The first-order valence-electron chi connectivity index (χ1n) is 11.6. The molecule has 25 heteroatoms. The monoisotopic (exact) mass is 672 g/mol. The Bertz CT molecular complexity index is 1730. The molecule has 8 atom stereocenters. The molecule has 1 aliphatic rings. The number of anilines is 1. The molecular weight excluding hydrogens is 649 g/mol. The fourth-order valence-electron chi connectivity index (χ4n) is 3.97. The molecular formula is C18H23N6O16P3. The third-order valence-corrected chi connectivity index (χ3v) is 10.1. The van der Waals surface area contributed by atoms with E-state index < -0.39 is 76.9 Å². The largest absolute Gasteiger partial charge is 0.490 e. The topological polar surface area (TPSA) is 331 Å². The number of hydrogen-bond acceptors (Lipinski definition) is 16. The second-order valence-corrected chi connectivity index (χ2v) is 13.3. The first-order valence-corrected chi connectivity index (χ1v) is 16.1. The zero-order valence-electron chi connectivity index (χ0n) is 21.4. The summed E-state index contributed by atoms with van der Waals surface area (Å²) in [6.45, 7) is 0.0231. The number of nitrogens with two attached hydrogens (primary N) is 1. The van der Waals surface area contributed by atoms with Gasteiger partial charge in [-0.2, -0.15) is 13.6 Å². The Hall–Kier alpha value is -2.94. The number of phosphoric ester groups is 2. The lowest BCUT2D eigenvalue weighted by atomic mass is 10.1. The van der Waals surface area contributed by atoms with Crippen molar-refractivity contribution in [2.45, 2.75) is 37.6 Å². The Labute approximate surface area is 238 Å². The van der Waals surface area contributed by atoms with Crippen LogP contribution >= 0.6 is 23.5 Å². The minimum absolute atomic E-state index is 0.138. The number of ether oxygens (including phenoxy) is 1. The molecule has 3 aromatic rings. The highest BCUT2D eigenvalue weighted by molar-refractivity contribution is 7.66. The lowest BCUT2D eigenvalue weighted by Gasteiger charge is -2.21. The summed E-state index contributed by atoms with van der Waals surface area (Å²) in [5.74, 6) is -0.296. The zero-order valence-corrected chi connectivity index (χ0v) is 24.1. The van der Waals surface area contributed by atoms with Gasteiger partial charge in [0.15, 0.2) is 17.4 Å². The van der Waals surface area contributed by atoms with Gasteiger partial charge >= 0.3 is 23.5 Å². The molecule has 0 bridgehead atoms. The van der Waals surface area contributed by atoms with E-state index in [0.29, 0.717) is 0 Å². The van der Waals surface area contributed by atoms with Gasteiger partial charge in [0.25, 0.3) is 11.2 Å². The fourth-order valence-corrected chi connectivity index (χ4v) is 7.63. The molecule has 0 radical (unpaired) electrons. The Morgan fingerprint density at radius 3 is 2.47 bits per heavy atom. The summed E-state index contributed by atoms with van der Waals surface area (Å²) in [6, 6.07) is 4.90. The summed E-state index contributed by atoms with van der Waals surface area (Å²) in [7, 11) is -17.1. The fraction of sp³-hybridized carbons (Fsp3) is 0.389. The minimum atomic E-state index is -5.92. The van der Waals surface area contributed by atoms with Gasteiger partial charge in [0.05, 0.1) is 29.5 Å². The third-order valence-electron chi connectivity index (χ3n) is 5.74. The molecule has 4 unspecified atom stereocenters. The summed E-state index contributed by atoms with van der Waals surface area (Å²) >= 11 is 0. The number of benzene rings is 1. The number of nitro groups is 1. The normalized spacial score (nSPS) is 25.5. The predicted molar refractivity (Wildman–Crippen MR) is 139 cm³/mol. The number of phosphoric acid groups is 3. The van der Waals surface area contributed by atoms with Crippen molar-refractivity contribution in [2.24, 2.45) is 0 Å². The van der Waals surface area contributed by atoms with Gasteiger partial charge in [0.1, 0.15) is 18.3 Å². The molecule has 1 saturated heterocycles. The maximum Gasteiger partial charge on any atom is 0.490 e. The van der Waals surface area contributed by atoms with Crippen LogP contribution in [0.15, 0.2) is 35.4 Å². The van der Waals surface area contributed by atoms with Crippen LogP contribution in [0.5, 0.6) is 0 Å². The van der Waals surface area contributed by atoms with Crippen LogP contribution in [0, 0.1) is 10.1 Å². The van der Waals surface area contributed by atoms with Crippen molar-refractivity contribution >= 4 is 46.3 Å². The van der Waals surface area contributed by atoms with E-state index in [4.69, 9.17) is 10.5 Å². The molecule has 1 fully saturated rings. The molecule has 22 nitrogen and oxygen atoms in total. The molecule has 3 heterocycles. The van der Waals surface area contributed by atoms with Gasteiger partial charge in [-0.1, -0.05) is 12.1 Å². The van der Waals surface area contributed by atoms with Crippen LogP contribution in [0.2, 0.25) is 0 Å². The Balaban J connectivity index is 1.39. The van der Waals surface area contributed by atoms with E-state index in [9.17, 15) is 53.5 Å². The second-order valence-electron chi connectivity index (χ2n) is 8.75. The van der Waals surface area contributed by atoms with Crippen molar-refractivity contribution in [2.75, 3.05) is 12.3 Å². The molecule has 1 aliphatic heterocycles. The van der Waals surface area contributed by atoms with Gasteiger partial charge < -0.3 is 35.4 Å². The SMILES string of the molecule is CC(OP(=O)(O)OP(=O)(O)OP(=O)(O)OC[C@@H]1O[C@H](n2cnc3c(=O)[nH]c(N)nc32)[C@H](O)[C@@H]1O)c1ccccc1[N+](=O)[O-]. The number of aromatic nitrogens is 4. The van der Waals surface area contributed by atoms with Crippen molar-refractivity contribution in [1.29, 1.82) is 0 Å². The molecule has 43 heavy (non-hydrogen) atoms. The maximum atomic E-state index is 12.3. The number of nitrogens with one attached hydrogen (secondary N) is 1. The number of rotatable bonds is 12. The van der Waals surface area contributed by atoms with Crippen LogP contribution in [0.1, 0.15) is 24.8 Å². The van der Waals surface area contributed by atoms with E-state index in [-0.39, 0.29) is 22.7 Å². The van der Waals surface area contributed by atoms with E-state index in [1.54, 1.807) is 0 Å². The van der Waals surface area contributed by atoms with E-state index in [1.807, 2.05) is 0 Å². The minimum Gasteiger partial charge on any atom is -0.387 e. The van der Waals surface area contributed by atoms with Gasteiger partial charge in [-0.3, -0.25) is 33.5 Å². The molecule has 0 saturated carbocycles. The molecule has 4 rings (SSSR count). The first kappa shape index (κ1) is 33.0. The van der Waals surface area contributed by atoms with Crippen molar-refractivity contribution in [3.8, 4) is 0 Å². The summed E-state index contributed by atoms with van der Waals surface area (Å²) in [5.41, 5.74) is 3.77. The van der Waals surface area contributed by atoms with E-state index in [0.717, 1.165) is 23.9 Å². The molecule has 236 valence electrons. The number of fused-ring (bicyclic) bond motifs is 1. The van der Waals surface area contributed by atoms with Crippen molar-refractivity contribution in [3.05, 3.63) is 56.6 Å². The van der Waals surface area contributed by atoms with Gasteiger partial charge in [-0.05, 0) is 13.0 Å². The Morgan fingerprint density at radius 1 is 1.14 bits per heavy atom. The third kappa shape index (κ3) is 7.59. The summed E-state index contributed by atoms with van der Waals surface area (Å²) < 4.78 is 60.6. The zero-order chi connectivity index (χ0) is 31.9. The van der Waals surface area contributed by atoms with Gasteiger partial charge in [-0.15, -0.1) is 0 Å². The van der Waals surface area contributed by atoms with Gasteiger partial charge in [0.2, 0.25) is 5.95 Å². The van der Waals surface area contributed by atoms with E-state index >= 15 is 0 Å². The summed E-state index contributed by atoms with van der Waals surface area (Å²) in [5, 5.41) is 32.0. The van der Waals surface area contributed by atoms with Crippen LogP contribution in [0.4, 0.5) is 11.6 Å². The number of H-pyrrole nitrogens is 1. The van der Waals surface area contributed by atoms with Crippen LogP contribution < -0.4 is 11.3 Å². The molecule has 0 aliphatic carbocycles. The number of para-hydroxylation sites is 1. The smallest absolute Gasteiger partial charge is 0.387 e. The van der Waals surface area contributed by atoms with Crippen molar-refractivity contribution in [3.63, 3.8) is 0 Å². The number of nitro benzene ring substituents is 1. The molecule has 0 amide bonds. The maximum absolute atomic E-state index is 12.3. The predicted octanol–water partition coefficient (Wildman–Crippen LogP) is 0.358. The number of hydrogen-bond donors (Lipinski definition) is 7. The summed E-state index contributed by atoms with van der Waals surface area (Å²) in [6.07, 6.45) is -7.09. The standard InChI is InChI=1S/C18H23N6O16P3/c1-8(9-4-2-3-5-10(9)24(28)29)38-42(32,33)40-43(34,35)39-41(30,31)36-6-11-13(25)14(26)17(37-11)23-7-20-12-15(23)21-18(19)22-16(12)27/h2-5,7-8,11,13-14,17,25-26H,6H2,1H3,(H,30,31)(H,32,33)(H,34,35)(H3,19,21,22,27)/t8?,11-,13+,14+,17-/m0/s1. The van der Waals surface area contributed by atoms with Crippen molar-refractivity contribution in [1.82, 2.24) is 19.5 Å². The van der Waals surface area contributed by atoms with Crippen LogP contribution in [-0.4, -0.2) is 74.3 Å². The number of nitrogens with zero attached hydrogens (tertiary/aromatic N) is 4. The van der Waals surface area contributed by atoms with Crippen LogP contribution in [0.25, 0.3) is 11.2 Å². The van der Waals surface area contributed by atoms with E-state index in [1.165, 1.54) is 18.2 Å². The Kier molecular flexibility index (Phi) is 9.36. The average Bonchev–Trinajstić information content (AvgIpc) is 3.41. The van der Waals surface area contributed by atoms with Crippen molar-refractivity contribution < 1.29 is 65.9 Å². The molecule has 1 aromatic carbocycles. The Morgan fingerprint density at radius 2 is 1.79 bits per heavy atom. The van der Waals surface area contributed by atoms with Gasteiger partial charge in [-0.25, -0.2) is 18.7 Å². The second kappa shape index (κ2) is 12.2. The van der Waals surface area contributed by atoms with Gasteiger partial charge in [0, 0.05) is 6.07 Å². The molecule has 2 aromatic heterocycles.